The Morgan fingerprint density at radius 2 is 1.50 bits per heavy atom. The van der Waals surface area contributed by atoms with E-state index in [4.69, 9.17) is 4.42 Å². The Kier molecular flexibility index (Phi) is 6.74. The van der Waals surface area contributed by atoms with Gasteiger partial charge in [0.15, 0.2) is 5.76 Å². The number of sulfonamides is 1. The van der Waals surface area contributed by atoms with E-state index in [9.17, 15) is 18.0 Å². The summed E-state index contributed by atoms with van der Waals surface area (Å²) in [6, 6.07) is 24.5. The van der Waals surface area contributed by atoms with Crippen molar-refractivity contribution in [2.45, 2.75) is 11.4 Å². The number of hydrogen-bond acceptors (Lipinski definition) is 5. The van der Waals surface area contributed by atoms with Crippen LogP contribution in [0.15, 0.2) is 107 Å². The van der Waals surface area contributed by atoms with Crippen LogP contribution in [-0.4, -0.2) is 20.2 Å². The molecule has 0 radical (unpaired) electrons. The van der Waals surface area contributed by atoms with Gasteiger partial charge in [-0.1, -0.05) is 30.3 Å². The molecule has 0 unspecified atom stereocenters. The Labute approximate surface area is 196 Å². The molecule has 172 valence electrons. The molecule has 4 aromatic rings. The smallest absolute Gasteiger partial charge is 0.291 e. The third-order valence-electron chi connectivity index (χ3n) is 4.84. The van der Waals surface area contributed by atoms with Crippen LogP contribution in [0.25, 0.3) is 0 Å². The number of amides is 2. The average Bonchev–Trinajstić information content (AvgIpc) is 3.39. The van der Waals surface area contributed by atoms with Gasteiger partial charge in [0.05, 0.1) is 11.2 Å². The maximum absolute atomic E-state index is 12.5. The molecule has 0 spiro atoms. The maximum Gasteiger partial charge on any atom is 0.291 e. The van der Waals surface area contributed by atoms with E-state index >= 15 is 0 Å². The standard InChI is InChI=1S/C25H21N3O5S/c29-24(19-11-13-22(14-12-19)34(31,32)28-20-7-2-1-3-8-20)26-17-18-6-4-9-21(16-18)27-25(30)23-10-5-15-33-23/h1-16,28H,17H2,(H,26,29)(H,27,30). The number of carbonyl (C=O) groups excluding carboxylic acids is 2. The van der Waals surface area contributed by atoms with Crippen molar-refractivity contribution in [3.63, 3.8) is 0 Å². The van der Waals surface area contributed by atoms with E-state index < -0.39 is 10.0 Å². The second-order valence-electron chi connectivity index (χ2n) is 7.31. The molecule has 1 aromatic heterocycles. The van der Waals surface area contributed by atoms with Crippen molar-refractivity contribution >= 4 is 33.2 Å². The third kappa shape index (κ3) is 5.70. The number of hydrogen-bond donors (Lipinski definition) is 3. The van der Waals surface area contributed by atoms with Gasteiger partial charge in [-0.2, -0.15) is 0 Å². The largest absolute Gasteiger partial charge is 0.459 e. The van der Waals surface area contributed by atoms with Crippen LogP contribution >= 0.6 is 0 Å². The highest BCUT2D eigenvalue weighted by atomic mass is 32.2. The summed E-state index contributed by atoms with van der Waals surface area (Å²) in [6.45, 7) is 0.221. The maximum atomic E-state index is 12.5. The highest BCUT2D eigenvalue weighted by molar-refractivity contribution is 7.92. The van der Waals surface area contributed by atoms with Crippen molar-refractivity contribution in [2.24, 2.45) is 0 Å². The quantitative estimate of drug-likeness (QED) is 0.352. The Morgan fingerprint density at radius 3 is 2.21 bits per heavy atom. The fraction of sp³-hybridized carbons (Fsp3) is 0.0400. The van der Waals surface area contributed by atoms with Crippen LogP contribution in [-0.2, 0) is 16.6 Å². The minimum atomic E-state index is -3.77. The Hall–Kier alpha value is -4.37. The molecule has 0 bridgehead atoms. The summed E-state index contributed by atoms with van der Waals surface area (Å²) in [6.07, 6.45) is 1.42. The van der Waals surface area contributed by atoms with Gasteiger partial charge < -0.3 is 15.1 Å². The highest BCUT2D eigenvalue weighted by Crippen LogP contribution is 2.17. The van der Waals surface area contributed by atoms with Crippen molar-refractivity contribution in [3.8, 4) is 0 Å². The van der Waals surface area contributed by atoms with Crippen LogP contribution in [0.4, 0.5) is 11.4 Å². The predicted octanol–water partition coefficient (Wildman–Crippen LogP) is 4.26. The number of nitrogens with one attached hydrogen (secondary N) is 3. The molecule has 4 rings (SSSR count). The monoisotopic (exact) mass is 475 g/mol. The second-order valence-corrected chi connectivity index (χ2v) is 8.99. The van der Waals surface area contributed by atoms with Gasteiger partial charge in [0.1, 0.15) is 0 Å². The molecule has 2 amide bonds. The molecule has 0 fully saturated rings. The molecule has 0 atom stereocenters. The van der Waals surface area contributed by atoms with E-state index in [-0.39, 0.29) is 29.0 Å². The van der Waals surface area contributed by atoms with Crippen LogP contribution in [0.5, 0.6) is 0 Å². The van der Waals surface area contributed by atoms with E-state index in [1.807, 2.05) is 6.07 Å². The van der Waals surface area contributed by atoms with E-state index in [2.05, 4.69) is 15.4 Å². The number of carbonyl (C=O) groups is 2. The normalized spacial score (nSPS) is 10.9. The van der Waals surface area contributed by atoms with Gasteiger partial charge in [-0.3, -0.25) is 14.3 Å². The Bertz CT molecular complexity index is 1380. The van der Waals surface area contributed by atoms with E-state index in [0.29, 0.717) is 16.9 Å². The lowest BCUT2D eigenvalue weighted by molar-refractivity contribution is 0.0949. The summed E-state index contributed by atoms with van der Waals surface area (Å²) in [7, 11) is -3.77. The summed E-state index contributed by atoms with van der Waals surface area (Å²) in [5, 5.41) is 5.52. The predicted molar refractivity (Wildman–Crippen MR) is 128 cm³/mol. The van der Waals surface area contributed by atoms with Gasteiger partial charge in [0.25, 0.3) is 21.8 Å². The van der Waals surface area contributed by atoms with Crippen LogP contribution in [0, 0.1) is 0 Å². The minimum absolute atomic E-state index is 0.0490. The third-order valence-corrected chi connectivity index (χ3v) is 6.23. The van der Waals surface area contributed by atoms with Gasteiger partial charge in [-0.05, 0) is 66.2 Å². The van der Waals surface area contributed by atoms with Crippen molar-refractivity contribution in [1.29, 1.82) is 0 Å². The van der Waals surface area contributed by atoms with Crippen LogP contribution in [0.3, 0.4) is 0 Å². The Morgan fingerprint density at radius 1 is 0.765 bits per heavy atom. The molecule has 0 aliphatic carbocycles. The van der Waals surface area contributed by atoms with Gasteiger partial charge >= 0.3 is 0 Å². The summed E-state index contributed by atoms with van der Waals surface area (Å²) in [4.78, 5) is 24.7. The van der Waals surface area contributed by atoms with Crippen LogP contribution in [0.2, 0.25) is 0 Å². The minimum Gasteiger partial charge on any atom is -0.459 e. The first kappa shape index (κ1) is 22.8. The van der Waals surface area contributed by atoms with Crippen LogP contribution in [0.1, 0.15) is 26.5 Å². The lowest BCUT2D eigenvalue weighted by Gasteiger charge is -2.10. The Balaban J connectivity index is 1.36. The van der Waals surface area contributed by atoms with Crippen LogP contribution < -0.4 is 15.4 Å². The molecule has 0 saturated carbocycles. The molecule has 0 aliphatic rings. The molecule has 8 nitrogen and oxygen atoms in total. The van der Waals surface area contributed by atoms with Gasteiger partial charge in [0.2, 0.25) is 0 Å². The zero-order valence-corrected chi connectivity index (χ0v) is 18.7. The van der Waals surface area contributed by atoms with Crippen molar-refractivity contribution < 1.29 is 22.4 Å². The number of benzene rings is 3. The molecular weight excluding hydrogens is 454 g/mol. The van der Waals surface area contributed by atoms with E-state index in [1.165, 1.54) is 30.5 Å². The number of furan rings is 1. The molecule has 1 heterocycles. The molecule has 3 aromatic carbocycles. The highest BCUT2D eigenvalue weighted by Gasteiger charge is 2.15. The first-order chi connectivity index (χ1) is 16.4. The number of para-hydroxylation sites is 1. The number of anilines is 2. The molecule has 0 saturated heterocycles. The zero-order valence-electron chi connectivity index (χ0n) is 17.9. The van der Waals surface area contributed by atoms with E-state index in [1.54, 1.807) is 60.7 Å². The lowest BCUT2D eigenvalue weighted by Crippen LogP contribution is -2.23. The summed E-state index contributed by atoms with van der Waals surface area (Å²) in [5.41, 5.74) is 2.11. The fourth-order valence-electron chi connectivity index (χ4n) is 3.15. The topological polar surface area (TPSA) is 118 Å². The summed E-state index contributed by atoms with van der Waals surface area (Å²) >= 11 is 0. The van der Waals surface area contributed by atoms with Gasteiger partial charge in [-0.15, -0.1) is 0 Å². The van der Waals surface area contributed by atoms with Gasteiger partial charge in [0, 0.05) is 23.5 Å². The summed E-state index contributed by atoms with van der Waals surface area (Å²) < 4.78 is 32.6. The van der Waals surface area contributed by atoms with E-state index in [0.717, 1.165) is 5.56 Å². The fourth-order valence-corrected chi connectivity index (χ4v) is 4.21. The SMILES string of the molecule is O=C(NCc1cccc(NC(=O)c2ccco2)c1)c1ccc(S(=O)(=O)Nc2ccccc2)cc1. The number of rotatable bonds is 8. The zero-order chi connectivity index (χ0) is 24.0. The molecule has 9 heteroatoms. The average molecular weight is 476 g/mol. The van der Waals surface area contributed by atoms with Crippen molar-refractivity contribution in [1.82, 2.24) is 5.32 Å². The first-order valence-corrected chi connectivity index (χ1v) is 11.8. The van der Waals surface area contributed by atoms with Crippen molar-refractivity contribution in [2.75, 3.05) is 10.0 Å². The molecular formula is C25H21N3O5S. The molecule has 34 heavy (non-hydrogen) atoms. The molecule has 3 N–H and O–H groups in total. The second kappa shape index (κ2) is 10.1. The van der Waals surface area contributed by atoms with Crippen molar-refractivity contribution in [3.05, 3.63) is 114 Å². The first-order valence-electron chi connectivity index (χ1n) is 10.3. The lowest BCUT2D eigenvalue weighted by atomic mass is 10.1. The summed E-state index contributed by atoms with van der Waals surface area (Å²) in [5.74, 6) is -0.531. The molecule has 0 aliphatic heterocycles. The van der Waals surface area contributed by atoms with Gasteiger partial charge in [-0.25, -0.2) is 8.42 Å².